The summed E-state index contributed by atoms with van der Waals surface area (Å²) >= 11 is 0. The zero-order chi connectivity index (χ0) is 9.97. The molecule has 2 aromatic rings. The molecule has 74 valence electrons. The number of hydrogen-bond donors (Lipinski definition) is 2. The van der Waals surface area contributed by atoms with Crippen LogP contribution in [0.3, 0.4) is 0 Å². The standard InChI is InChI=1S/C9H13N5/c1-3-10-9-13-7(2)6-14(9)8-4-11-12-5-8/h4-6H,3H2,1-2H3,(H,10,13)(H,11,12). The predicted octanol–water partition coefficient (Wildman–Crippen LogP) is 1.34. The summed E-state index contributed by atoms with van der Waals surface area (Å²) in [6, 6.07) is 0. The number of hydrogen-bond acceptors (Lipinski definition) is 3. The summed E-state index contributed by atoms with van der Waals surface area (Å²) < 4.78 is 1.97. The van der Waals surface area contributed by atoms with Gasteiger partial charge in [-0.05, 0) is 13.8 Å². The van der Waals surface area contributed by atoms with E-state index in [-0.39, 0.29) is 0 Å². The molecule has 2 rings (SSSR count). The number of aromatic nitrogens is 4. The summed E-state index contributed by atoms with van der Waals surface area (Å²) in [5, 5.41) is 9.88. The van der Waals surface area contributed by atoms with Crippen LogP contribution < -0.4 is 5.32 Å². The molecular weight excluding hydrogens is 178 g/mol. The molecule has 0 radical (unpaired) electrons. The van der Waals surface area contributed by atoms with E-state index < -0.39 is 0 Å². The number of aryl methyl sites for hydroxylation is 1. The Morgan fingerprint density at radius 1 is 1.57 bits per heavy atom. The van der Waals surface area contributed by atoms with E-state index in [2.05, 4.69) is 20.5 Å². The third kappa shape index (κ3) is 1.48. The van der Waals surface area contributed by atoms with Crippen LogP contribution >= 0.6 is 0 Å². The molecule has 0 fully saturated rings. The first-order valence-electron chi connectivity index (χ1n) is 4.60. The van der Waals surface area contributed by atoms with Gasteiger partial charge in [-0.1, -0.05) is 0 Å². The summed E-state index contributed by atoms with van der Waals surface area (Å²) in [6.45, 7) is 4.87. The number of rotatable bonds is 3. The van der Waals surface area contributed by atoms with Gasteiger partial charge in [-0.15, -0.1) is 0 Å². The van der Waals surface area contributed by atoms with Crippen molar-refractivity contribution in [1.29, 1.82) is 0 Å². The van der Waals surface area contributed by atoms with E-state index in [1.54, 1.807) is 6.20 Å². The van der Waals surface area contributed by atoms with Crippen LogP contribution in [0.1, 0.15) is 12.6 Å². The number of aromatic amines is 1. The van der Waals surface area contributed by atoms with Crippen molar-refractivity contribution >= 4 is 5.95 Å². The van der Waals surface area contributed by atoms with Crippen molar-refractivity contribution in [3.63, 3.8) is 0 Å². The number of nitrogens with zero attached hydrogens (tertiary/aromatic N) is 3. The Hall–Kier alpha value is -1.78. The third-order valence-electron chi connectivity index (χ3n) is 1.92. The van der Waals surface area contributed by atoms with Gasteiger partial charge in [0.2, 0.25) is 5.95 Å². The highest BCUT2D eigenvalue weighted by atomic mass is 15.2. The van der Waals surface area contributed by atoms with Gasteiger partial charge < -0.3 is 5.32 Å². The maximum Gasteiger partial charge on any atom is 0.207 e. The van der Waals surface area contributed by atoms with E-state index in [1.807, 2.05) is 30.8 Å². The maximum absolute atomic E-state index is 4.37. The number of H-pyrrole nitrogens is 1. The molecule has 2 heterocycles. The largest absolute Gasteiger partial charge is 0.356 e. The van der Waals surface area contributed by atoms with E-state index >= 15 is 0 Å². The van der Waals surface area contributed by atoms with Crippen molar-refractivity contribution in [3.8, 4) is 5.69 Å². The van der Waals surface area contributed by atoms with Crippen LogP contribution in [0.4, 0.5) is 5.95 Å². The lowest BCUT2D eigenvalue weighted by Crippen LogP contribution is -2.04. The molecule has 0 unspecified atom stereocenters. The number of nitrogens with one attached hydrogen (secondary N) is 2. The number of anilines is 1. The van der Waals surface area contributed by atoms with Gasteiger partial charge in [-0.25, -0.2) is 4.98 Å². The van der Waals surface area contributed by atoms with Crippen LogP contribution in [-0.2, 0) is 0 Å². The Morgan fingerprint density at radius 3 is 3.07 bits per heavy atom. The minimum atomic E-state index is 0.853. The summed E-state index contributed by atoms with van der Waals surface area (Å²) in [6.07, 6.45) is 5.58. The van der Waals surface area contributed by atoms with E-state index in [0.717, 1.165) is 23.9 Å². The molecule has 0 bridgehead atoms. The monoisotopic (exact) mass is 191 g/mol. The highest BCUT2D eigenvalue weighted by Crippen LogP contribution is 2.14. The zero-order valence-electron chi connectivity index (χ0n) is 8.28. The van der Waals surface area contributed by atoms with Gasteiger partial charge in [-0.2, -0.15) is 5.10 Å². The molecule has 2 N–H and O–H groups in total. The van der Waals surface area contributed by atoms with E-state index in [9.17, 15) is 0 Å². The zero-order valence-corrected chi connectivity index (χ0v) is 8.28. The first-order valence-corrected chi connectivity index (χ1v) is 4.60. The van der Waals surface area contributed by atoms with Gasteiger partial charge >= 0.3 is 0 Å². The fourth-order valence-electron chi connectivity index (χ4n) is 1.35. The lowest BCUT2D eigenvalue weighted by Gasteiger charge is -2.04. The molecule has 0 aromatic carbocycles. The Kier molecular flexibility index (Phi) is 2.22. The van der Waals surface area contributed by atoms with E-state index in [0.29, 0.717) is 0 Å². The summed E-state index contributed by atoms with van der Waals surface area (Å²) in [5.74, 6) is 0.853. The van der Waals surface area contributed by atoms with Crippen molar-refractivity contribution in [3.05, 3.63) is 24.3 Å². The van der Waals surface area contributed by atoms with Crippen LogP contribution in [-0.4, -0.2) is 26.3 Å². The Labute approximate surface area is 82.2 Å². The van der Waals surface area contributed by atoms with Crippen molar-refractivity contribution in [2.24, 2.45) is 0 Å². The van der Waals surface area contributed by atoms with Gasteiger partial charge in [0.05, 0.1) is 17.6 Å². The molecule has 0 spiro atoms. The average Bonchev–Trinajstić information content (AvgIpc) is 2.74. The highest BCUT2D eigenvalue weighted by Gasteiger charge is 2.06. The van der Waals surface area contributed by atoms with Crippen LogP contribution in [0.2, 0.25) is 0 Å². The minimum Gasteiger partial charge on any atom is -0.356 e. The smallest absolute Gasteiger partial charge is 0.207 e. The van der Waals surface area contributed by atoms with E-state index in [1.165, 1.54) is 0 Å². The second kappa shape index (κ2) is 3.53. The van der Waals surface area contributed by atoms with Gasteiger partial charge in [-0.3, -0.25) is 9.67 Å². The number of imidazole rings is 1. The molecular formula is C9H13N5. The van der Waals surface area contributed by atoms with Crippen molar-refractivity contribution in [1.82, 2.24) is 19.7 Å². The second-order valence-electron chi connectivity index (χ2n) is 3.06. The molecule has 0 saturated carbocycles. The van der Waals surface area contributed by atoms with Gasteiger partial charge in [0.15, 0.2) is 0 Å². The van der Waals surface area contributed by atoms with Crippen molar-refractivity contribution in [2.75, 3.05) is 11.9 Å². The lowest BCUT2D eigenvalue weighted by atomic mass is 10.5. The molecule has 5 heteroatoms. The lowest BCUT2D eigenvalue weighted by molar-refractivity contribution is 1.02. The molecule has 2 aromatic heterocycles. The van der Waals surface area contributed by atoms with Crippen molar-refractivity contribution < 1.29 is 0 Å². The second-order valence-corrected chi connectivity index (χ2v) is 3.06. The molecule has 0 amide bonds. The van der Waals surface area contributed by atoms with E-state index in [4.69, 9.17) is 0 Å². The molecule has 14 heavy (non-hydrogen) atoms. The van der Waals surface area contributed by atoms with Crippen LogP contribution in [0.5, 0.6) is 0 Å². The topological polar surface area (TPSA) is 58.5 Å². The SMILES string of the molecule is CCNc1nc(C)cn1-c1cn[nH]c1. The minimum absolute atomic E-state index is 0.853. The first-order chi connectivity index (χ1) is 6.81. The fourth-order valence-corrected chi connectivity index (χ4v) is 1.35. The summed E-state index contributed by atoms with van der Waals surface area (Å²) in [4.78, 5) is 4.37. The van der Waals surface area contributed by atoms with Crippen LogP contribution in [0.25, 0.3) is 5.69 Å². The Balaban J connectivity index is 2.41. The first kappa shape index (κ1) is 8.80. The summed E-state index contributed by atoms with van der Waals surface area (Å²) in [7, 11) is 0. The quantitative estimate of drug-likeness (QED) is 0.769. The third-order valence-corrected chi connectivity index (χ3v) is 1.92. The summed E-state index contributed by atoms with van der Waals surface area (Å²) in [5.41, 5.74) is 1.98. The molecule has 0 saturated heterocycles. The maximum atomic E-state index is 4.37. The molecule has 0 aliphatic heterocycles. The van der Waals surface area contributed by atoms with Gasteiger partial charge in [0.25, 0.3) is 0 Å². The average molecular weight is 191 g/mol. The van der Waals surface area contributed by atoms with Crippen LogP contribution in [0.15, 0.2) is 18.6 Å². The normalized spacial score (nSPS) is 10.4. The Morgan fingerprint density at radius 2 is 2.43 bits per heavy atom. The predicted molar refractivity (Wildman–Crippen MR) is 54.6 cm³/mol. The Bertz CT molecular complexity index is 401. The van der Waals surface area contributed by atoms with Gasteiger partial charge in [0, 0.05) is 18.9 Å². The molecule has 0 aliphatic rings. The van der Waals surface area contributed by atoms with Crippen molar-refractivity contribution in [2.45, 2.75) is 13.8 Å². The molecule has 0 aliphatic carbocycles. The molecule has 5 nitrogen and oxygen atoms in total. The van der Waals surface area contributed by atoms with Crippen LogP contribution in [0, 0.1) is 6.92 Å². The van der Waals surface area contributed by atoms with Gasteiger partial charge in [0.1, 0.15) is 0 Å². The fraction of sp³-hybridized carbons (Fsp3) is 0.333. The molecule has 0 atom stereocenters. The highest BCUT2D eigenvalue weighted by molar-refractivity contribution is 5.40.